The van der Waals surface area contributed by atoms with E-state index in [-0.39, 0.29) is 23.3 Å². The zero-order chi connectivity index (χ0) is 18.2. The number of sulfone groups is 1. The Morgan fingerprint density at radius 2 is 1.88 bits per heavy atom. The summed E-state index contributed by atoms with van der Waals surface area (Å²) in [5.41, 5.74) is 0.720. The van der Waals surface area contributed by atoms with Gasteiger partial charge < -0.3 is 14.9 Å². The van der Waals surface area contributed by atoms with Gasteiger partial charge in [0, 0.05) is 43.3 Å². The van der Waals surface area contributed by atoms with Crippen molar-refractivity contribution in [2.75, 3.05) is 42.6 Å². The molecule has 2 aliphatic rings. The Bertz CT molecular complexity index is 741. The molecule has 0 unspecified atom stereocenters. The van der Waals surface area contributed by atoms with E-state index in [4.69, 9.17) is 0 Å². The molecule has 2 heterocycles. The van der Waals surface area contributed by atoms with Crippen molar-refractivity contribution < 1.29 is 18.3 Å². The molecule has 1 aromatic carbocycles. The summed E-state index contributed by atoms with van der Waals surface area (Å²) in [6.45, 7) is 5.72. The standard InChI is InChI=1S/C18H26N2O4S/c1-18(2,22)15-6-7-20(13-15)17(21)14-4-3-5-16(12-14)19-8-10-25(23,24)11-9-19/h3-5,12,15,22H,6-11,13H2,1-2H3/t15-/m0/s1. The molecule has 25 heavy (non-hydrogen) atoms. The van der Waals surface area contributed by atoms with Crippen LogP contribution in [0.15, 0.2) is 24.3 Å². The number of amides is 1. The van der Waals surface area contributed by atoms with E-state index in [1.165, 1.54) is 0 Å². The summed E-state index contributed by atoms with van der Waals surface area (Å²) in [5, 5.41) is 10.2. The summed E-state index contributed by atoms with van der Waals surface area (Å²) in [4.78, 5) is 16.6. The summed E-state index contributed by atoms with van der Waals surface area (Å²) in [6, 6.07) is 7.40. The van der Waals surface area contributed by atoms with Crippen LogP contribution in [0.5, 0.6) is 0 Å². The minimum absolute atomic E-state index is 0.0294. The summed E-state index contributed by atoms with van der Waals surface area (Å²) in [5.74, 6) is 0.375. The lowest BCUT2D eigenvalue weighted by molar-refractivity contribution is 0.0211. The number of benzene rings is 1. The fourth-order valence-electron chi connectivity index (χ4n) is 3.51. The number of aliphatic hydroxyl groups is 1. The van der Waals surface area contributed by atoms with Crippen LogP contribution in [0.2, 0.25) is 0 Å². The second kappa shape index (κ2) is 6.61. The molecule has 1 amide bonds. The number of rotatable bonds is 3. The summed E-state index contributed by atoms with van der Waals surface area (Å²) in [6.07, 6.45) is 0.804. The third-order valence-electron chi connectivity index (χ3n) is 5.28. The van der Waals surface area contributed by atoms with Crippen LogP contribution in [0.25, 0.3) is 0 Å². The molecule has 0 spiro atoms. The lowest BCUT2D eigenvalue weighted by Crippen LogP contribution is -2.40. The van der Waals surface area contributed by atoms with Crippen LogP contribution in [-0.2, 0) is 9.84 Å². The first kappa shape index (κ1) is 18.2. The van der Waals surface area contributed by atoms with Gasteiger partial charge in [-0.3, -0.25) is 4.79 Å². The Labute approximate surface area is 149 Å². The number of hydrogen-bond acceptors (Lipinski definition) is 5. The quantitative estimate of drug-likeness (QED) is 0.868. The molecule has 0 radical (unpaired) electrons. The number of likely N-dealkylation sites (tertiary alicyclic amines) is 1. The van der Waals surface area contributed by atoms with Crippen molar-refractivity contribution in [1.82, 2.24) is 4.90 Å². The highest BCUT2D eigenvalue weighted by Crippen LogP contribution is 2.28. The van der Waals surface area contributed by atoms with Gasteiger partial charge in [-0.25, -0.2) is 8.42 Å². The molecule has 138 valence electrons. The van der Waals surface area contributed by atoms with Crippen molar-refractivity contribution in [3.8, 4) is 0 Å². The third kappa shape index (κ3) is 4.15. The minimum atomic E-state index is -2.92. The summed E-state index contributed by atoms with van der Waals surface area (Å²) in [7, 11) is -2.92. The SMILES string of the molecule is CC(C)(O)[C@H]1CCN(C(=O)c2cccc(N3CCS(=O)(=O)CC3)c2)C1. The number of carbonyl (C=O) groups is 1. The molecule has 2 aliphatic heterocycles. The van der Waals surface area contributed by atoms with Crippen molar-refractivity contribution in [3.05, 3.63) is 29.8 Å². The zero-order valence-electron chi connectivity index (χ0n) is 14.8. The Balaban J connectivity index is 1.71. The van der Waals surface area contributed by atoms with Crippen molar-refractivity contribution in [2.45, 2.75) is 25.9 Å². The smallest absolute Gasteiger partial charge is 0.253 e. The van der Waals surface area contributed by atoms with Gasteiger partial charge in [0.25, 0.3) is 5.91 Å². The number of anilines is 1. The van der Waals surface area contributed by atoms with Crippen LogP contribution in [0.4, 0.5) is 5.69 Å². The first-order valence-electron chi connectivity index (χ1n) is 8.73. The average molecular weight is 366 g/mol. The lowest BCUT2D eigenvalue weighted by atomic mass is 9.90. The van der Waals surface area contributed by atoms with Crippen molar-refractivity contribution in [2.24, 2.45) is 5.92 Å². The number of carbonyl (C=O) groups excluding carboxylic acids is 1. The molecule has 0 aromatic heterocycles. The molecule has 1 N–H and O–H groups in total. The molecule has 3 rings (SSSR count). The highest BCUT2D eigenvalue weighted by atomic mass is 32.2. The molecule has 6 nitrogen and oxygen atoms in total. The second-order valence-corrected chi connectivity index (χ2v) is 9.88. The van der Waals surface area contributed by atoms with Gasteiger partial charge in [0.15, 0.2) is 9.84 Å². The van der Waals surface area contributed by atoms with Crippen LogP contribution < -0.4 is 4.90 Å². The predicted molar refractivity (Wildman–Crippen MR) is 97.6 cm³/mol. The summed E-state index contributed by atoms with van der Waals surface area (Å²) < 4.78 is 23.2. The molecular formula is C18H26N2O4S. The monoisotopic (exact) mass is 366 g/mol. The van der Waals surface area contributed by atoms with Gasteiger partial charge in [-0.2, -0.15) is 0 Å². The molecule has 1 atom stereocenters. The topological polar surface area (TPSA) is 77.9 Å². The van der Waals surface area contributed by atoms with E-state index in [0.717, 1.165) is 12.1 Å². The molecule has 2 fully saturated rings. The maximum atomic E-state index is 12.8. The normalized spacial score (nSPS) is 23.7. The van der Waals surface area contributed by atoms with E-state index in [9.17, 15) is 18.3 Å². The molecule has 0 bridgehead atoms. The Morgan fingerprint density at radius 3 is 2.48 bits per heavy atom. The van der Waals surface area contributed by atoms with Gasteiger partial charge in [-0.05, 0) is 38.5 Å². The van der Waals surface area contributed by atoms with Crippen LogP contribution in [0.1, 0.15) is 30.6 Å². The fraction of sp³-hybridized carbons (Fsp3) is 0.611. The van der Waals surface area contributed by atoms with Gasteiger partial charge in [0.2, 0.25) is 0 Å². The Kier molecular flexibility index (Phi) is 4.81. The van der Waals surface area contributed by atoms with E-state index in [2.05, 4.69) is 0 Å². The van der Waals surface area contributed by atoms with E-state index < -0.39 is 15.4 Å². The van der Waals surface area contributed by atoms with Crippen molar-refractivity contribution >= 4 is 21.4 Å². The van der Waals surface area contributed by atoms with E-state index in [0.29, 0.717) is 31.7 Å². The second-order valence-electron chi connectivity index (χ2n) is 7.58. The highest BCUT2D eigenvalue weighted by Gasteiger charge is 2.35. The van der Waals surface area contributed by atoms with Crippen LogP contribution in [-0.4, -0.2) is 67.6 Å². The van der Waals surface area contributed by atoms with Crippen LogP contribution >= 0.6 is 0 Å². The average Bonchev–Trinajstić information content (AvgIpc) is 3.04. The maximum absolute atomic E-state index is 12.8. The fourth-order valence-corrected chi connectivity index (χ4v) is 4.71. The molecule has 0 saturated carbocycles. The Hall–Kier alpha value is -1.60. The number of nitrogens with zero attached hydrogens (tertiary/aromatic N) is 2. The Morgan fingerprint density at radius 1 is 1.20 bits per heavy atom. The van der Waals surface area contributed by atoms with E-state index in [1.807, 2.05) is 23.1 Å². The van der Waals surface area contributed by atoms with Crippen molar-refractivity contribution in [1.29, 1.82) is 0 Å². The van der Waals surface area contributed by atoms with Crippen molar-refractivity contribution in [3.63, 3.8) is 0 Å². The zero-order valence-corrected chi connectivity index (χ0v) is 15.6. The van der Waals surface area contributed by atoms with E-state index >= 15 is 0 Å². The maximum Gasteiger partial charge on any atom is 0.253 e. The first-order chi connectivity index (χ1) is 11.7. The predicted octanol–water partition coefficient (Wildman–Crippen LogP) is 1.15. The molecule has 2 saturated heterocycles. The van der Waals surface area contributed by atoms with Gasteiger partial charge in [-0.1, -0.05) is 6.07 Å². The van der Waals surface area contributed by atoms with Gasteiger partial charge in [0.05, 0.1) is 17.1 Å². The molecule has 0 aliphatic carbocycles. The largest absolute Gasteiger partial charge is 0.390 e. The van der Waals surface area contributed by atoms with Crippen LogP contribution in [0.3, 0.4) is 0 Å². The van der Waals surface area contributed by atoms with Crippen LogP contribution in [0, 0.1) is 5.92 Å². The van der Waals surface area contributed by atoms with E-state index in [1.54, 1.807) is 24.8 Å². The highest BCUT2D eigenvalue weighted by molar-refractivity contribution is 7.91. The molecule has 7 heteroatoms. The lowest BCUT2D eigenvalue weighted by Gasteiger charge is -2.29. The summed E-state index contributed by atoms with van der Waals surface area (Å²) >= 11 is 0. The first-order valence-corrected chi connectivity index (χ1v) is 10.5. The molecule has 1 aromatic rings. The third-order valence-corrected chi connectivity index (χ3v) is 6.89. The van der Waals surface area contributed by atoms with Gasteiger partial charge in [0.1, 0.15) is 0 Å². The molecular weight excluding hydrogens is 340 g/mol. The van der Waals surface area contributed by atoms with Gasteiger partial charge >= 0.3 is 0 Å². The van der Waals surface area contributed by atoms with Gasteiger partial charge in [-0.15, -0.1) is 0 Å². The minimum Gasteiger partial charge on any atom is -0.390 e. The number of hydrogen-bond donors (Lipinski definition) is 1.